The average Bonchev–Trinajstić information content (AvgIpc) is 2.23. The molecule has 0 atom stereocenters. The molecule has 0 heterocycles. The standard InChI is InChI=1S/C10H9F3O4/c11-10(12,13)5-16-6-17-8-3-1-2-7(4-8)9(14)15/h1-4H,5-6H2,(H,14,15). The minimum atomic E-state index is -4.41. The Bertz CT molecular complexity index is 389. The Labute approximate surface area is 94.6 Å². The highest BCUT2D eigenvalue weighted by molar-refractivity contribution is 5.87. The lowest BCUT2D eigenvalue weighted by atomic mass is 10.2. The normalized spacial score (nSPS) is 11.2. The van der Waals surface area contributed by atoms with E-state index < -0.39 is 25.5 Å². The van der Waals surface area contributed by atoms with Crippen molar-refractivity contribution < 1.29 is 32.5 Å². The minimum Gasteiger partial charge on any atom is -0.478 e. The van der Waals surface area contributed by atoms with Gasteiger partial charge in [-0.1, -0.05) is 6.07 Å². The second kappa shape index (κ2) is 5.53. The molecule has 0 spiro atoms. The number of hydrogen-bond donors (Lipinski definition) is 1. The summed E-state index contributed by atoms with van der Waals surface area (Å²) in [6.45, 7) is -2.01. The summed E-state index contributed by atoms with van der Waals surface area (Å²) in [5.74, 6) is -1.02. The molecule has 0 amide bonds. The quantitative estimate of drug-likeness (QED) is 0.643. The van der Waals surface area contributed by atoms with Gasteiger partial charge in [0.2, 0.25) is 0 Å². The Balaban J connectivity index is 2.42. The molecule has 1 aromatic rings. The van der Waals surface area contributed by atoms with Crippen LogP contribution < -0.4 is 4.74 Å². The van der Waals surface area contributed by atoms with Crippen LogP contribution in [0.1, 0.15) is 10.4 Å². The van der Waals surface area contributed by atoms with Crippen molar-refractivity contribution in [3.8, 4) is 5.75 Å². The number of carboxylic acid groups (broad SMARTS) is 1. The molecule has 94 valence electrons. The number of rotatable bonds is 5. The molecule has 1 aromatic carbocycles. The lowest BCUT2D eigenvalue weighted by Crippen LogP contribution is -2.19. The molecule has 0 saturated heterocycles. The van der Waals surface area contributed by atoms with Crippen LogP contribution in [0.3, 0.4) is 0 Å². The van der Waals surface area contributed by atoms with Gasteiger partial charge in [0, 0.05) is 0 Å². The number of alkyl halides is 3. The second-order valence-corrected chi connectivity index (χ2v) is 3.06. The molecule has 0 radical (unpaired) electrons. The molecule has 1 N–H and O–H groups in total. The van der Waals surface area contributed by atoms with Crippen LogP contribution in [-0.4, -0.2) is 30.7 Å². The molecule has 0 fully saturated rings. The first-order chi connectivity index (χ1) is 7.88. The van der Waals surface area contributed by atoms with Gasteiger partial charge >= 0.3 is 12.1 Å². The first-order valence-corrected chi connectivity index (χ1v) is 4.49. The van der Waals surface area contributed by atoms with E-state index in [4.69, 9.17) is 9.84 Å². The fourth-order valence-corrected chi connectivity index (χ4v) is 0.986. The van der Waals surface area contributed by atoms with E-state index in [0.717, 1.165) is 0 Å². The molecule has 0 unspecified atom stereocenters. The molecule has 0 bridgehead atoms. The summed E-state index contributed by atoms with van der Waals surface area (Å²) in [5, 5.41) is 8.65. The van der Waals surface area contributed by atoms with Gasteiger partial charge in [-0.15, -0.1) is 0 Å². The van der Waals surface area contributed by atoms with Crippen molar-refractivity contribution in [2.75, 3.05) is 13.4 Å². The highest BCUT2D eigenvalue weighted by Gasteiger charge is 2.27. The molecule has 0 aliphatic carbocycles. The zero-order valence-corrected chi connectivity index (χ0v) is 8.53. The highest BCUT2D eigenvalue weighted by atomic mass is 19.4. The van der Waals surface area contributed by atoms with Crippen LogP contribution in [-0.2, 0) is 4.74 Å². The Hall–Kier alpha value is -1.76. The van der Waals surface area contributed by atoms with Gasteiger partial charge in [0.1, 0.15) is 12.4 Å². The fraction of sp³-hybridized carbons (Fsp3) is 0.300. The van der Waals surface area contributed by atoms with Crippen molar-refractivity contribution in [2.45, 2.75) is 6.18 Å². The molecule has 17 heavy (non-hydrogen) atoms. The first-order valence-electron chi connectivity index (χ1n) is 4.49. The molecule has 7 heteroatoms. The van der Waals surface area contributed by atoms with Gasteiger partial charge in [0.05, 0.1) is 5.56 Å². The van der Waals surface area contributed by atoms with Crippen LogP contribution in [0.25, 0.3) is 0 Å². The SMILES string of the molecule is O=C(O)c1cccc(OCOCC(F)(F)F)c1. The Morgan fingerprint density at radius 3 is 2.65 bits per heavy atom. The molecule has 0 aromatic heterocycles. The van der Waals surface area contributed by atoms with Gasteiger partial charge in [-0.25, -0.2) is 4.79 Å². The third-order valence-electron chi connectivity index (χ3n) is 1.66. The largest absolute Gasteiger partial charge is 0.478 e. The summed E-state index contributed by atoms with van der Waals surface area (Å²) in [5.41, 5.74) is -0.0154. The van der Waals surface area contributed by atoms with Crippen LogP contribution in [0.2, 0.25) is 0 Å². The van der Waals surface area contributed by atoms with Crippen molar-refractivity contribution in [3.05, 3.63) is 29.8 Å². The third kappa shape index (κ3) is 5.21. The number of ether oxygens (including phenoxy) is 2. The summed E-state index contributed by atoms with van der Waals surface area (Å²) in [6.07, 6.45) is -4.41. The zero-order chi connectivity index (χ0) is 12.9. The topological polar surface area (TPSA) is 55.8 Å². The summed E-state index contributed by atoms with van der Waals surface area (Å²) >= 11 is 0. The van der Waals surface area contributed by atoms with Gasteiger partial charge in [0.25, 0.3) is 0 Å². The number of hydrogen-bond acceptors (Lipinski definition) is 3. The molecular weight excluding hydrogens is 241 g/mol. The van der Waals surface area contributed by atoms with Crippen LogP contribution in [0, 0.1) is 0 Å². The zero-order valence-electron chi connectivity index (χ0n) is 8.53. The van der Waals surface area contributed by atoms with Crippen LogP contribution in [0.5, 0.6) is 5.75 Å². The lowest BCUT2D eigenvalue weighted by Gasteiger charge is -2.09. The van der Waals surface area contributed by atoms with Crippen LogP contribution >= 0.6 is 0 Å². The van der Waals surface area contributed by atoms with E-state index in [2.05, 4.69) is 4.74 Å². The van der Waals surface area contributed by atoms with E-state index in [1.165, 1.54) is 24.3 Å². The lowest BCUT2D eigenvalue weighted by molar-refractivity contribution is -0.186. The fourth-order valence-electron chi connectivity index (χ4n) is 0.986. The van der Waals surface area contributed by atoms with Gasteiger partial charge in [-0.3, -0.25) is 0 Å². The number of benzene rings is 1. The van der Waals surface area contributed by atoms with E-state index in [0.29, 0.717) is 0 Å². The summed E-state index contributed by atoms with van der Waals surface area (Å²) in [6, 6.07) is 5.37. The van der Waals surface area contributed by atoms with Gasteiger partial charge < -0.3 is 14.6 Å². The average molecular weight is 250 g/mol. The summed E-state index contributed by atoms with van der Waals surface area (Å²) in [4.78, 5) is 10.6. The Morgan fingerprint density at radius 2 is 2.06 bits per heavy atom. The van der Waals surface area contributed by atoms with E-state index in [1.54, 1.807) is 0 Å². The van der Waals surface area contributed by atoms with Gasteiger partial charge in [-0.05, 0) is 18.2 Å². The molecule has 0 aliphatic heterocycles. The van der Waals surface area contributed by atoms with E-state index in [1.807, 2.05) is 0 Å². The number of halogens is 3. The molecule has 0 aliphatic rings. The maximum absolute atomic E-state index is 11.7. The van der Waals surface area contributed by atoms with Crippen molar-refractivity contribution >= 4 is 5.97 Å². The minimum absolute atomic E-state index is 0.0154. The number of carbonyl (C=O) groups is 1. The number of carboxylic acids is 1. The van der Waals surface area contributed by atoms with Crippen LogP contribution in [0.4, 0.5) is 13.2 Å². The monoisotopic (exact) mass is 250 g/mol. The Kier molecular flexibility index (Phi) is 4.33. The third-order valence-corrected chi connectivity index (χ3v) is 1.66. The summed E-state index contributed by atoms with van der Waals surface area (Å²) < 4.78 is 44.1. The van der Waals surface area contributed by atoms with E-state index >= 15 is 0 Å². The predicted octanol–water partition coefficient (Wildman–Crippen LogP) is 2.30. The van der Waals surface area contributed by atoms with Crippen molar-refractivity contribution in [2.24, 2.45) is 0 Å². The maximum atomic E-state index is 11.7. The highest BCUT2D eigenvalue weighted by Crippen LogP contribution is 2.16. The Morgan fingerprint density at radius 1 is 1.35 bits per heavy atom. The predicted molar refractivity (Wildman–Crippen MR) is 50.9 cm³/mol. The van der Waals surface area contributed by atoms with Crippen molar-refractivity contribution in [3.63, 3.8) is 0 Å². The van der Waals surface area contributed by atoms with Gasteiger partial charge in [-0.2, -0.15) is 13.2 Å². The molecule has 0 saturated carbocycles. The molecule has 4 nitrogen and oxygen atoms in total. The van der Waals surface area contributed by atoms with Crippen LogP contribution in [0.15, 0.2) is 24.3 Å². The maximum Gasteiger partial charge on any atom is 0.411 e. The molecular formula is C10H9F3O4. The van der Waals surface area contributed by atoms with E-state index in [-0.39, 0.29) is 11.3 Å². The van der Waals surface area contributed by atoms with Crippen molar-refractivity contribution in [1.82, 2.24) is 0 Å². The summed E-state index contributed by atoms with van der Waals surface area (Å²) in [7, 11) is 0. The smallest absolute Gasteiger partial charge is 0.411 e. The van der Waals surface area contributed by atoms with Crippen molar-refractivity contribution in [1.29, 1.82) is 0 Å². The van der Waals surface area contributed by atoms with Gasteiger partial charge in [0.15, 0.2) is 6.79 Å². The number of aromatic carboxylic acids is 1. The van der Waals surface area contributed by atoms with E-state index in [9.17, 15) is 18.0 Å². The second-order valence-electron chi connectivity index (χ2n) is 3.06. The first kappa shape index (κ1) is 13.3. The molecule has 1 rings (SSSR count).